The van der Waals surface area contributed by atoms with Gasteiger partial charge in [-0.2, -0.15) is 13.2 Å². The van der Waals surface area contributed by atoms with Crippen molar-refractivity contribution in [2.75, 3.05) is 5.32 Å². The van der Waals surface area contributed by atoms with Crippen LogP contribution in [0.5, 0.6) is 0 Å². The summed E-state index contributed by atoms with van der Waals surface area (Å²) in [5, 5.41) is 6.41. The maximum absolute atomic E-state index is 13.3. The van der Waals surface area contributed by atoms with E-state index in [1.54, 1.807) is 30.3 Å². The fourth-order valence-electron chi connectivity index (χ4n) is 3.89. The van der Waals surface area contributed by atoms with E-state index in [0.29, 0.717) is 52.0 Å². The molecule has 0 saturated heterocycles. The van der Waals surface area contributed by atoms with Crippen molar-refractivity contribution in [2.45, 2.75) is 37.9 Å². The van der Waals surface area contributed by atoms with Gasteiger partial charge < -0.3 is 15.6 Å². The van der Waals surface area contributed by atoms with Gasteiger partial charge in [0, 0.05) is 11.6 Å². The first-order valence-corrected chi connectivity index (χ1v) is 10.6. The number of benzene rings is 2. The molecule has 3 N–H and O–H groups in total. The fraction of sp³-hybridized carbons (Fsp3) is 0.333. The molecule has 1 aromatic heterocycles. The van der Waals surface area contributed by atoms with Crippen LogP contribution in [0.1, 0.15) is 36.0 Å². The third kappa shape index (κ3) is 4.75. The molecule has 2 unspecified atom stereocenters. The third-order valence-corrected chi connectivity index (χ3v) is 6.08. The molecule has 0 spiro atoms. The fourth-order valence-corrected chi connectivity index (χ4v) is 4.38. The van der Waals surface area contributed by atoms with Crippen LogP contribution in [0, 0.1) is 5.92 Å². The van der Waals surface area contributed by atoms with Crippen molar-refractivity contribution in [1.29, 1.82) is 0 Å². The molecule has 5 nitrogen and oxygen atoms in total. The number of aromatic amines is 1. The number of hydrogen-bond donors (Lipinski definition) is 3. The molecule has 4 rings (SSSR count). The van der Waals surface area contributed by atoms with Crippen LogP contribution < -0.4 is 10.6 Å². The lowest BCUT2D eigenvalue weighted by molar-refractivity contribution is -0.187. The number of para-hydroxylation sites is 1. The van der Waals surface area contributed by atoms with Gasteiger partial charge in [-0.3, -0.25) is 4.79 Å². The number of aromatic nitrogens is 2. The van der Waals surface area contributed by atoms with Crippen LogP contribution in [0.4, 0.5) is 24.8 Å². The second kappa shape index (κ2) is 8.59. The van der Waals surface area contributed by atoms with E-state index in [2.05, 4.69) is 20.6 Å². The second-order valence-corrected chi connectivity index (χ2v) is 8.37. The first-order chi connectivity index (χ1) is 14.7. The molecule has 1 heterocycles. The van der Waals surface area contributed by atoms with Crippen LogP contribution in [-0.2, 0) is 0 Å². The zero-order chi connectivity index (χ0) is 22.2. The van der Waals surface area contributed by atoms with E-state index >= 15 is 0 Å². The number of anilines is 2. The van der Waals surface area contributed by atoms with E-state index in [9.17, 15) is 18.0 Å². The van der Waals surface area contributed by atoms with Crippen molar-refractivity contribution >= 4 is 51.8 Å². The zero-order valence-electron chi connectivity index (χ0n) is 16.2. The van der Waals surface area contributed by atoms with Gasteiger partial charge in [0.1, 0.15) is 0 Å². The van der Waals surface area contributed by atoms with Crippen molar-refractivity contribution in [2.24, 2.45) is 5.92 Å². The highest BCUT2D eigenvalue weighted by Crippen LogP contribution is 2.38. The molecule has 0 aliphatic heterocycles. The Balaban J connectivity index is 1.53. The van der Waals surface area contributed by atoms with Crippen LogP contribution in [0.3, 0.4) is 0 Å². The van der Waals surface area contributed by atoms with Crippen LogP contribution in [0.25, 0.3) is 11.0 Å². The normalized spacial score (nSPS) is 19.4. The number of H-pyrrole nitrogens is 1. The van der Waals surface area contributed by atoms with E-state index in [1.165, 1.54) is 6.07 Å². The standard InChI is InChI=1S/C21H19Cl2F3N4O/c22-13-5-3-6-14(23)18(13)30-20-28-16-9-8-11(10-17(16)29-20)19(31)27-15-7-2-1-4-12(15)21(24,25)26/h3,5-6,8-10,12,15H,1-2,4,7H2,(H,27,31)(H2,28,29,30). The first kappa shape index (κ1) is 21.8. The molecule has 1 aliphatic carbocycles. The van der Waals surface area contributed by atoms with Gasteiger partial charge in [-0.05, 0) is 43.2 Å². The summed E-state index contributed by atoms with van der Waals surface area (Å²) in [4.78, 5) is 20.1. The lowest BCUT2D eigenvalue weighted by atomic mass is 9.84. The van der Waals surface area contributed by atoms with Gasteiger partial charge in [0.15, 0.2) is 0 Å². The van der Waals surface area contributed by atoms with Gasteiger partial charge >= 0.3 is 6.18 Å². The molecule has 31 heavy (non-hydrogen) atoms. The molecule has 2 atom stereocenters. The van der Waals surface area contributed by atoms with Gasteiger partial charge in [-0.15, -0.1) is 0 Å². The third-order valence-electron chi connectivity index (χ3n) is 5.45. The Bertz CT molecular complexity index is 1100. The van der Waals surface area contributed by atoms with Crippen molar-refractivity contribution in [1.82, 2.24) is 15.3 Å². The molecule has 2 aromatic carbocycles. The monoisotopic (exact) mass is 470 g/mol. The SMILES string of the molecule is O=C(NC1CCCCC1C(F)(F)F)c1ccc2[nH]c(Nc3c(Cl)cccc3Cl)nc2c1. The smallest absolute Gasteiger partial charge is 0.349 e. The molecule has 1 saturated carbocycles. The highest BCUT2D eigenvalue weighted by molar-refractivity contribution is 6.39. The van der Waals surface area contributed by atoms with Crippen molar-refractivity contribution in [3.05, 3.63) is 52.0 Å². The summed E-state index contributed by atoms with van der Waals surface area (Å²) in [5.41, 5.74) is 1.86. The van der Waals surface area contributed by atoms with Crippen LogP contribution in [-0.4, -0.2) is 28.1 Å². The summed E-state index contributed by atoms with van der Waals surface area (Å²) < 4.78 is 39.9. The lowest BCUT2D eigenvalue weighted by Gasteiger charge is -2.33. The quantitative estimate of drug-likeness (QED) is 0.409. The average molecular weight is 471 g/mol. The Hall–Kier alpha value is -2.45. The molecule has 1 aliphatic rings. The second-order valence-electron chi connectivity index (χ2n) is 7.55. The first-order valence-electron chi connectivity index (χ1n) is 9.81. The van der Waals surface area contributed by atoms with E-state index in [4.69, 9.17) is 23.2 Å². The number of hydrogen-bond acceptors (Lipinski definition) is 3. The molecule has 0 radical (unpaired) electrons. The van der Waals surface area contributed by atoms with Gasteiger partial charge in [-0.25, -0.2) is 4.98 Å². The molecule has 1 fully saturated rings. The zero-order valence-corrected chi connectivity index (χ0v) is 17.7. The molecule has 164 valence electrons. The van der Waals surface area contributed by atoms with Crippen molar-refractivity contribution in [3.63, 3.8) is 0 Å². The Morgan fingerprint density at radius 3 is 2.52 bits per heavy atom. The van der Waals surface area contributed by atoms with Crippen LogP contribution in [0.2, 0.25) is 10.0 Å². The summed E-state index contributed by atoms with van der Waals surface area (Å²) in [6.45, 7) is 0. The number of amides is 1. The van der Waals surface area contributed by atoms with Gasteiger partial charge in [0.05, 0.1) is 32.7 Å². The maximum atomic E-state index is 13.3. The number of fused-ring (bicyclic) bond motifs is 1. The summed E-state index contributed by atoms with van der Waals surface area (Å²) in [6, 6.07) is 8.89. The number of rotatable bonds is 4. The average Bonchev–Trinajstić information content (AvgIpc) is 3.12. The Morgan fingerprint density at radius 2 is 1.81 bits per heavy atom. The predicted molar refractivity (Wildman–Crippen MR) is 115 cm³/mol. The summed E-state index contributed by atoms with van der Waals surface area (Å²) >= 11 is 12.3. The Labute approximate surface area is 186 Å². The lowest BCUT2D eigenvalue weighted by Crippen LogP contribution is -2.47. The minimum absolute atomic E-state index is 0.0342. The van der Waals surface area contributed by atoms with E-state index in [-0.39, 0.29) is 12.0 Å². The van der Waals surface area contributed by atoms with Crippen molar-refractivity contribution < 1.29 is 18.0 Å². The predicted octanol–water partition coefficient (Wildman–Crippen LogP) is 6.46. The van der Waals surface area contributed by atoms with E-state index in [1.807, 2.05) is 0 Å². The largest absolute Gasteiger partial charge is 0.393 e. The van der Waals surface area contributed by atoms with Gasteiger partial charge in [-0.1, -0.05) is 42.1 Å². The summed E-state index contributed by atoms with van der Waals surface area (Å²) in [5.74, 6) is -1.70. The molecule has 10 heteroatoms. The highest BCUT2D eigenvalue weighted by atomic mass is 35.5. The minimum Gasteiger partial charge on any atom is -0.349 e. The molecule has 3 aromatic rings. The van der Waals surface area contributed by atoms with Crippen LogP contribution in [0.15, 0.2) is 36.4 Å². The summed E-state index contributed by atoms with van der Waals surface area (Å²) in [6.07, 6.45) is -2.80. The van der Waals surface area contributed by atoms with Gasteiger partial charge in [0.2, 0.25) is 5.95 Å². The molecule has 0 bridgehead atoms. The number of nitrogens with zero attached hydrogens (tertiary/aromatic N) is 1. The Morgan fingerprint density at radius 1 is 1.10 bits per heavy atom. The number of carbonyl (C=O) groups excluding carboxylic acids is 1. The number of carbonyl (C=O) groups is 1. The highest BCUT2D eigenvalue weighted by Gasteiger charge is 2.46. The topological polar surface area (TPSA) is 69.8 Å². The van der Waals surface area contributed by atoms with E-state index < -0.39 is 24.0 Å². The number of nitrogens with one attached hydrogen (secondary N) is 3. The van der Waals surface area contributed by atoms with Gasteiger partial charge in [0.25, 0.3) is 5.91 Å². The number of imidazole rings is 1. The number of alkyl halides is 3. The Kier molecular flexibility index (Phi) is 6.03. The molecular weight excluding hydrogens is 452 g/mol. The molecule has 1 amide bonds. The summed E-state index contributed by atoms with van der Waals surface area (Å²) in [7, 11) is 0. The molecular formula is C21H19Cl2F3N4O. The number of halogens is 5. The van der Waals surface area contributed by atoms with E-state index in [0.717, 1.165) is 0 Å². The minimum atomic E-state index is -4.33. The maximum Gasteiger partial charge on any atom is 0.393 e. The van der Waals surface area contributed by atoms with Crippen molar-refractivity contribution in [3.8, 4) is 0 Å². The van der Waals surface area contributed by atoms with Crippen LogP contribution >= 0.6 is 23.2 Å².